The first-order valence-electron chi connectivity index (χ1n) is 3.44. The van der Waals surface area contributed by atoms with Gasteiger partial charge in [-0.3, -0.25) is 4.90 Å². The van der Waals surface area contributed by atoms with E-state index in [1.54, 1.807) is 4.90 Å². The molecule has 3 nitrogen and oxygen atoms in total. The van der Waals surface area contributed by atoms with E-state index in [0.29, 0.717) is 13.1 Å². The molecule has 58 valence electrons. The maximum absolute atomic E-state index is 10.0. The van der Waals surface area contributed by atoms with E-state index in [1.165, 1.54) is 0 Å². The summed E-state index contributed by atoms with van der Waals surface area (Å²) < 4.78 is 0. The summed E-state index contributed by atoms with van der Waals surface area (Å²) in [6.07, 6.45) is 2.61. The molecule has 0 aromatic rings. The van der Waals surface area contributed by atoms with Crippen molar-refractivity contribution in [2.75, 3.05) is 19.6 Å². The smallest absolute Gasteiger partial charge is 0.133 e. The Kier molecular flexibility index (Phi) is 5.97. The van der Waals surface area contributed by atoms with Gasteiger partial charge in [-0.15, -0.1) is 0 Å². The number of hydrogen-bond donors (Lipinski definition) is 0. The van der Waals surface area contributed by atoms with Crippen LogP contribution in [0.2, 0.25) is 0 Å². The predicted molar refractivity (Wildman–Crippen MR) is 38.9 cm³/mol. The minimum absolute atomic E-state index is 0.368. The lowest BCUT2D eigenvalue weighted by Gasteiger charge is -2.13. The quantitative estimate of drug-likeness (QED) is 0.495. The maximum Gasteiger partial charge on any atom is 0.133 e. The van der Waals surface area contributed by atoms with Crippen molar-refractivity contribution >= 4 is 12.6 Å². The second kappa shape index (κ2) is 6.42. The Morgan fingerprint density at radius 1 is 1.20 bits per heavy atom. The fraction of sp³-hybridized carbons (Fsp3) is 0.714. The first-order valence-corrected chi connectivity index (χ1v) is 3.44. The van der Waals surface area contributed by atoms with Crippen molar-refractivity contribution in [3.63, 3.8) is 0 Å². The highest BCUT2D eigenvalue weighted by molar-refractivity contribution is 5.56. The zero-order valence-corrected chi connectivity index (χ0v) is 6.25. The first kappa shape index (κ1) is 9.30. The standard InChI is InChI=1S/C7H13NO2/c1-2-3-8(4-6-9)5-7-10/h6-7H,2-5H2,1H3. The van der Waals surface area contributed by atoms with Crippen LogP contribution in [0.4, 0.5) is 0 Å². The SMILES string of the molecule is CCCN(CC=O)CC=O. The second-order valence-electron chi connectivity index (χ2n) is 2.09. The first-order chi connectivity index (χ1) is 4.85. The summed E-state index contributed by atoms with van der Waals surface area (Å²) in [5, 5.41) is 0. The van der Waals surface area contributed by atoms with Crippen LogP contribution in [0.3, 0.4) is 0 Å². The summed E-state index contributed by atoms with van der Waals surface area (Å²) in [5.74, 6) is 0. The van der Waals surface area contributed by atoms with E-state index in [0.717, 1.165) is 25.5 Å². The molecule has 0 amide bonds. The highest BCUT2D eigenvalue weighted by Crippen LogP contribution is 1.86. The van der Waals surface area contributed by atoms with Gasteiger partial charge in [-0.1, -0.05) is 6.92 Å². The molecular formula is C7H13NO2. The molecule has 0 bridgehead atoms. The number of nitrogens with zero attached hydrogens (tertiary/aromatic N) is 1. The Morgan fingerprint density at radius 3 is 2.00 bits per heavy atom. The third-order valence-corrected chi connectivity index (χ3v) is 1.21. The lowest BCUT2D eigenvalue weighted by atomic mass is 10.4. The van der Waals surface area contributed by atoms with Gasteiger partial charge in [-0.25, -0.2) is 0 Å². The summed E-state index contributed by atoms with van der Waals surface area (Å²) >= 11 is 0. The number of aldehydes is 2. The molecule has 0 aliphatic carbocycles. The number of carbonyl (C=O) groups excluding carboxylic acids is 2. The van der Waals surface area contributed by atoms with Crippen molar-refractivity contribution in [3.05, 3.63) is 0 Å². The number of carbonyl (C=O) groups is 2. The van der Waals surface area contributed by atoms with E-state index in [4.69, 9.17) is 0 Å². The molecule has 0 saturated carbocycles. The highest BCUT2D eigenvalue weighted by atomic mass is 16.1. The van der Waals surface area contributed by atoms with Crippen LogP contribution < -0.4 is 0 Å². The average Bonchev–Trinajstić information content (AvgIpc) is 1.90. The van der Waals surface area contributed by atoms with Crippen molar-refractivity contribution in [1.29, 1.82) is 0 Å². The van der Waals surface area contributed by atoms with Crippen LogP contribution in [0.1, 0.15) is 13.3 Å². The summed E-state index contributed by atoms with van der Waals surface area (Å²) in [7, 11) is 0. The average molecular weight is 143 g/mol. The molecular weight excluding hydrogens is 130 g/mol. The van der Waals surface area contributed by atoms with Crippen LogP contribution in [0.25, 0.3) is 0 Å². The molecule has 0 unspecified atom stereocenters. The van der Waals surface area contributed by atoms with E-state index in [-0.39, 0.29) is 0 Å². The van der Waals surface area contributed by atoms with Gasteiger partial charge in [0.15, 0.2) is 0 Å². The van der Waals surface area contributed by atoms with Gasteiger partial charge in [0, 0.05) is 0 Å². The summed E-state index contributed by atoms with van der Waals surface area (Å²) in [6.45, 7) is 3.57. The van der Waals surface area contributed by atoms with Gasteiger partial charge in [-0.05, 0) is 13.0 Å². The Hall–Kier alpha value is -0.700. The minimum atomic E-state index is 0.368. The van der Waals surface area contributed by atoms with E-state index in [1.807, 2.05) is 6.92 Å². The summed E-state index contributed by atoms with van der Waals surface area (Å²) in [4.78, 5) is 21.8. The van der Waals surface area contributed by atoms with Gasteiger partial charge in [0.25, 0.3) is 0 Å². The van der Waals surface area contributed by atoms with E-state index in [9.17, 15) is 9.59 Å². The van der Waals surface area contributed by atoms with Gasteiger partial charge in [0.1, 0.15) is 12.6 Å². The molecule has 0 heterocycles. The lowest BCUT2D eigenvalue weighted by Crippen LogP contribution is -2.28. The molecule has 10 heavy (non-hydrogen) atoms. The molecule has 0 aromatic carbocycles. The molecule has 0 rings (SSSR count). The van der Waals surface area contributed by atoms with Crippen molar-refractivity contribution in [1.82, 2.24) is 4.90 Å². The lowest BCUT2D eigenvalue weighted by molar-refractivity contribution is -0.111. The van der Waals surface area contributed by atoms with Crippen molar-refractivity contribution in [3.8, 4) is 0 Å². The fourth-order valence-corrected chi connectivity index (χ4v) is 0.784. The van der Waals surface area contributed by atoms with E-state index < -0.39 is 0 Å². The predicted octanol–water partition coefficient (Wildman–Crippen LogP) is 0.0962. The van der Waals surface area contributed by atoms with Crippen molar-refractivity contribution in [2.45, 2.75) is 13.3 Å². The number of hydrogen-bond acceptors (Lipinski definition) is 3. The molecule has 0 radical (unpaired) electrons. The minimum Gasteiger partial charge on any atom is -0.302 e. The van der Waals surface area contributed by atoms with Gasteiger partial charge >= 0.3 is 0 Å². The van der Waals surface area contributed by atoms with Gasteiger partial charge in [0.2, 0.25) is 0 Å². The monoisotopic (exact) mass is 143 g/mol. The van der Waals surface area contributed by atoms with Gasteiger partial charge in [0.05, 0.1) is 13.1 Å². The third kappa shape index (κ3) is 4.21. The molecule has 0 N–H and O–H groups in total. The molecule has 0 aliphatic rings. The van der Waals surface area contributed by atoms with Crippen molar-refractivity contribution in [2.24, 2.45) is 0 Å². The maximum atomic E-state index is 10.0. The van der Waals surface area contributed by atoms with Crippen LogP contribution in [0.5, 0.6) is 0 Å². The van der Waals surface area contributed by atoms with E-state index in [2.05, 4.69) is 0 Å². The molecule has 0 saturated heterocycles. The second-order valence-corrected chi connectivity index (χ2v) is 2.09. The Balaban J connectivity index is 3.48. The van der Waals surface area contributed by atoms with Gasteiger partial charge < -0.3 is 9.59 Å². The largest absolute Gasteiger partial charge is 0.302 e. The summed E-state index contributed by atoms with van der Waals surface area (Å²) in [6, 6.07) is 0. The summed E-state index contributed by atoms with van der Waals surface area (Å²) in [5.41, 5.74) is 0. The zero-order valence-electron chi connectivity index (χ0n) is 6.25. The highest BCUT2D eigenvalue weighted by Gasteiger charge is 1.99. The van der Waals surface area contributed by atoms with Crippen molar-refractivity contribution < 1.29 is 9.59 Å². The fourth-order valence-electron chi connectivity index (χ4n) is 0.784. The van der Waals surface area contributed by atoms with Crippen LogP contribution in [-0.2, 0) is 9.59 Å². The normalized spacial score (nSPS) is 9.80. The molecule has 3 heteroatoms. The van der Waals surface area contributed by atoms with Crippen LogP contribution in [-0.4, -0.2) is 37.1 Å². The molecule has 0 aromatic heterocycles. The Labute approximate surface area is 61.0 Å². The Bertz CT molecular complexity index is 93.8. The third-order valence-electron chi connectivity index (χ3n) is 1.21. The molecule has 0 aliphatic heterocycles. The van der Waals surface area contributed by atoms with E-state index >= 15 is 0 Å². The van der Waals surface area contributed by atoms with Crippen LogP contribution >= 0.6 is 0 Å². The molecule has 0 atom stereocenters. The van der Waals surface area contributed by atoms with Crippen LogP contribution in [0.15, 0.2) is 0 Å². The zero-order chi connectivity index (χ0) is 7.82. The molecule has 0 fully saturated rings. The number of rotatable bonds is 6. The van der Waals surface area contributed by atoms with Crippen LogP contribution in [0, 0.1) is 0 Å². The van der Waals surface area contributed by atoms with Gasteiger partial charge in [-0.2, -0.15) is 0 Å². The topological polar surface area (TPSA) is 37.4 Å². The molecule has 0 spiro atoms. The Morgan fingerprint density at radius 2 is 1.70 bits per heavy atom.